The highest BCUT2D eigenvalue weighted by atomic mass is 35.5. The Morgan fingerprint density at radius 3 is 2.68 bits per heavy atom. The number of nitrogens with zero attached hydrogens (tertiary/aromatic N) is 2. The lowest BCUT2D eigenvalue weighted by Crippen LogP contribution is -2.24. The quantitative estimate of drug-likeness (QED) is 0.489. The van der Waals surface area contributed by atoms with Crippen molar-refractivity contribution >= 4 is 23.2 Å². The second-order valence-electron chi connectivity index (χ2n) is 8.43. The zero-order valence-electron chi connectivity index (χ0n) is 17.4. The Morgan fingerprint density at radius 2 is 1.97 bits per heavy atom. The Morgan fingerprint density at radius 1 is 1.23 bits per heavy atom. The Hall–Kier alpha value is -2.57. The lowest BCUT2D eigenvalue weighted by atomic mass is 10.0. The molecule has 1 aromatic carbocycles. The third-order valence-corrected chi connectivity index (χ3v) is 6.52. The first kappa shape index (κ1) is 21.7. The lowest BCUT2D eigenvalue weighted by Gasteiger charge is -2.19. The summed E-state index contributed by atoms with van der Waals surface area (Å²) in [6.07, 6.45) is 6.61. The van der Waals surface area contributed by atoms with E-state index in [0.29, 0.717) is 22.4 Å². The summed E-state index contributed by atoms with van der Waals surface area (Å²) in [5.74, 6) is 0.724. The predicted octanol–water partition coefficient (Wildman–Crippen LogP) is 5.01. The van der Waals surface area contributed by atoms with E-state index in [1.807, 2.05) is 12.3 Å². The molecule has 5 nitrogen and oxygen atoms in total. The van der Waals surface area contributed by atoms with E-state index in [4.69, 9.17) is 27.2 Å². The van der Waals surface area contributed by atoms with Crippen LogP contribution in [0.1, 0.15) is 29.7 Å². The zero-order chi connectivity index (χ0) is 22.0. The van der Waals surface area contributed by atoms with E-state index < -0.39 is 5.82 Å². The number of fused-ring (bicyclic) bond motifs is 1. The maximum atomic E-state index is 13.4. The molecule has 7 heteroatoms. The Balaban J connectivity index is 1.26. The Bertz CT molecular complexity index is 1010. The van der Waals surface area contributed by atoms with Crippen LogP contribution in [0.2, 0.25) is 5.02 Å². The minimum atomic E-state index is -0.450. The summed E-state index contributed by atoms with van der Waals surface area (Å²) in [4.78, 5) is 6.98. The molecule has 2 fully saturated rings. The van der Waals surface area contributed by atoms with Crippen molar-refractivity contribution in [2.45, 2.75) is 32.4 Å². The number of nitrogens with one attached hydrogen (secondary N) is 2. The minimum absolute atomic E-state index is 0.0169. The molecule has 2 aromatic rings. The number of ether oxygens (including phenoxy) is 1. The van der Waals surface area contributed by atoms with Gasteiger partial charge >= 0.3 is 0 Å². The smallest absolute Gasteiger partial charge is 0.206 e. The first-order valence-corrected chi connectivity index (χ1v) is 10.9. The van der Waals surface area contributed by atoms with Gasteiger partial charge in [-0.3, -0.25) is 15.3 Å². The number of benzene rings is 1. The highest BCUT2D eigenvalue weighted by Gasteiger charge is 2.42. The van der Waals surface area contributed by atoms with E-state index in [0.717, 1.165) is 38.2 Å². The number of rotatable bonds is 6. The van der Waals surface area contributed by atoms with Crippen LogP contribution in [0.3, 0.4) is 0 Å². The number of pyridine rings is 1. The van der Waals surface area contributed by atoms with Crippen molar-refractivity contribution in [3.8, 4) is 0 Å². The molecule has 0 spiro atoms. The maximum absolute atomic E-state index is 13.4. The fraction of sp³-hybridized carbons (Fsp3) is 0.375. The average molecular weight is 441 g/mol. The largest absolute Gasteiger partial charge is 0.475 e. The van der Waals surface area contributed by atoms with Gasteiger partial charge in [0.15, 0.2) is 0 Å². The van der Waals surface area contributed by atoms with Crippen molar-refractivity contribution in [1.82, 2.24) is 9.88 Å². The highest BCUT2D eigenvalue weighted by Crippen LogP contribution is 2.40. The summed E-state index contributed by atoms with van der Waals surface area (Å²) in [5.41, 5.74) is 2.71. The van der Waals surface area contributed by atoms with Gasteiger partial charge < -0.3 is 10.1 Å². The maximum Gasteiger partial charge on any atom is 0.206 e. The topological polar surface area (TPSA) is 73.1 Å². The van der Waals surface area contributed by atoms with E-state index in [1.165, 1.54) is 35.9 Å². The van der Waals surface area contributed by atoms with Crippen molar-refractivity contribution in [2.24, 2.45) is 11.8 Å². The SMILES string of the molecule is Cc1cccnc1CN1C[C@H]2C[C@@H](OC(=N)/C=C\C(=N)c3cc(F)ccc3Cl)C[C@H]2C1. The van der Waals surface area contributed by atoms with Crippen LogP contribution < -0.4 is 0 Å². The summed E-state index contributed by atoms with van der Waals surface area (Å²) in [7, 11) is 0. The van der Waals surface area contributed by atoms with Crippen LogP contribution >= 0.6 is 11.6 Å². The molecular weight excluding hydrogens is 415 g/mol. The summed E-state index contributed by atoms with van der Waals surface area (Å²) >= 11 is 6.04. The summed E-state index contributed by atoms with van der Waals surface area (Å²) in [6.45, 7) is 5.05. The third-order valence-electron chi connectivity index (χ3n) is 6.19. The molecule has 31 heavy (non-hydrogen) atoms. The van der Waals surface area contributed by atoms with E-state index in [-0.39, 0.29) is 17.7 Å². The summed E-state index contributed by atoms with van der Waals surface area (Å²) < 4.78 is 19.2. The molecular formula is C24H26ClFN4O. The molecule has 0 radical (unpaired) electrons. The van der Waals surface area contributed by atoms with Crippen LogP contribution in [0.15, 0.2) is 48.7 Å². The number of aryl methyl sites for hydroxylation is 1. The fourth-order valence-corrected chi connectivity index (χ4v) is 4.85. The Kier molecular flexibility index (Phi) is 6.49. The number of aromatic nitrogens is 1. The number of likely N-dealkylation sites (tertiary alicyclic amines) is 1. The van der Waals surface area contributed by atoms with Crippen molar-refractivity contribution in [2.75, 3.05) is 13.1 Å². The highest BCUT2D eigenvalue weighted by molar-refractivity contribution is 6.34. The molecule has 3 atom stereocenters. The van der Waals surface area contributed by atoms with E-state index in [2.05, 4.69) is 22.9 Å². The number of hydrogen-bond acceptors (Lipinski definition) is 5. The summed E-state index contributed by atoms with van der Waals surface area (Å²) in [6, 6.07) is 7.97. The van der Waals surface area contributed by atoms with Crippen molar-refractivity contribution in [3.63, 3.8) is 0 Å². The monoisotopic (exact) mass is 440 g/mol. The van der Waals surface area contributed by atoms with Crippen LogP contribution in [-0.4, -0.2) is 40.7 Å². The van der Waals surface area contributed by atoms with Gasteiger partial charge in [-0.2, -0.15) is 0 Å². The van der Waals surface area contributed by atoms with Gasteiger partial charge in [0.1, 0.15) is 11.9 Å². The lowest BCUT2D eigenvalue weighted by molar-refractivity contribution is 0.172. The van der Waals surface area contributed by atoms with Crippen molar-refractivity contribution in [3.05, 3.63) is 76.3 Å². The van der Waals surface area contributed by atoms with Crippen LogP contribution in [0.25, 0.3) is 0 Å². The van der Waals surface area contributed by atoms with Gasteiger partial charge in [-0.05, 0) is 67.5 Å². The van der Waals surface area contributed by atoms with Gasteiger partial charge in [0.25, 0.3) is 0 Å². The number of allylic oxidation sites excluding steroid dienone is 1. The number of hydrogen-bond donors (Lipinski definition) is 2. The molecule has 4 rings (SSSR count). The van der Waals surface area contributed by atoms with Gasteiger partial charge in [0, 0.05) is 37.5 Å². The molecule has 1 aromatic heterocycles. The van der Waals surface area contributed by atoms with Gasteiger partial charge in [0.05, 0.1) is 16.4 Å². The second-order valence-corrected chi connectivity index (χ2v) is 8.84. The van der Waals surface area contributed by atoms with Gasteiger partial charge in [-0.1, -0.05) is 17.7 Å². The molecule has 162 valence electrons. The molecule has 2 aliphatic rings. The molecule has 2 N–H and O–H groups in total. The zero-order valence-corrected chi connectivity index (χ0v) is 18.2. The van der Waals surface area contributed by atoms with Gasteiger partial charge in [-0.25, -0.2) is 4.39 Å². The predicted molar refractivity (Wildman–Crippen MR) is 120 cm³/mol. The Labute approximate surface area is 186 Å². The standard InChI is InChI=1S/C24H26ClFN4O/c1-15-3-2-8-29-23(15)14-30-12-16-9-19(10-17(16)13-30)31-24(28)7-6-22(27)20-11-18(26)4-5-21(20)25/h2-8,11,16-17,19,27-28H,9-10,12-14H2,1H3/b7-6-,27-22?,28-24?/t16-,17+,19-. The second kappa shape index (κ2) is 9.28. The molecule has 0 bridgehead atoms. The van der Waals surface area contributed by atoms with Crippen LogP contribution in [-0.2, 0) is 11.3 Å². The normalized spacial score (nSPS) is 23.3. The molecule has 1 aliphatic heterocycles. The van der Waals surface area contributed by atoms with Crippen molar-refractivity contribution < 1.29 is 9.13 Å². The molecule has 1 saturated heterocycles. The average Bonchev–Trinajstić information content (AvgIpc) is 3.27. The molecule has 0 unspecified atom stereocenters. The minimum Gasteiger partial charge on any atom is -0.475 e. The van der Waals surface area contributed by atoms with E-state index in [1.54, 1.807) is 0 Å². The van der Waals surface area contributed by atoms with Crippen molar-refractivity contribution in [1.29, 1.82) is 10.8 Å². The number of halogens is 2. The van der Waals surface area contributed by atoms with Gasteiger partial charge in [0.2, 0.25) is 5.90 Å². The fourth-order valence-electron chi connectivity index (χ4n) is 4.63. The molecule has 2 heterocycles. The molecule has 1 aliphatic carbocycles. The molecule has 0 amide bonds. The first-order valence-electron chi connectivity index (χ1n) is 10.5. The van der Waals surface area contributed by atoms with E-state index >= 15 is 0 Å². The first-order chi connectivity index (χ1) is 14.9. The van der Waals surface area contributed by atoms with Crippen LogP contribution in [0.5, 0.6) is 0 Å². The van der Waals surface area contributed by atoms with Gasteiger partial charge in [-0.15, -0.1) is 0 Å². The van der Waals surface area contributed by atoms with E-state index in [9.17, 15) is 4.39 Å². The van der Waals surface area contributed by atoms with Crippen LogP contribution in [0.4, 0.5) is 4.39 Å². The molecule has 1 saturated carbocycles. The third kappa shape index (κ3) is 5.20. The van der Waals surface area contributed by atoms with Crippen LogP contribution in [0, 0.1) is 35.4 Å². The summed E-state index contributed by atoms with van der Waals surface area (Å²) in [5, 5.41) is 16.5.